The van der Waals surface area contributed by atoms with E-state index in [4.69, 9.17) is 0 Å². The molecule has 0 unspecified atom stereocenters. The van der Waals surface area contributed by atoms with Gasteiger partial charge in [0, 0.05) is 14.6 Å². The standard InChI is InChI=1S/C10H6BrFOS/c11-9-6-3-1-2-4-8(6)14-10(9)7(13)5-12/h1-4H,5H2. The van der Waals surface area contributed by atoms with Crippen LogP contribution in [0.15, 0.2) is 28.7 Å². The van der Waals surface area contributed by atoms with E-state index in [1.165, 1.54) is 11.3 Å². The van der Waals surface area contributed by atoms with Crippen molar-refractivity contribution in [3.63, 3.8) is 0 Å². The average Bonchev–Trinajstić information content (AvgIpc) is 2.56. The molecule has 0 bridgehead atoms. The number of fused-ring (bicyclic) bond motifs is 1. The van der Waals surface area contributed by atoms with Crippen molar-refractivity contribution < 1.29 is 9.18 Å². The molecule has 1 aromatic carbocycles. The van der Waals surface area contributed by atoms with Crippen LogP contribution < -0.4 is 0 Å². The van der Waals surface area contributed by atoms with Crippen LogP contribution in [-0.4, -0.2) is 12.5 Å². The largest absolute Gasteiger partial charge is 0.290 e. The van der Waals surface area contributed by atoms with Crippen molar-refractivity contribution in [2.45, 2.75) is 0 Å². The highest BCUT2D eigenvalue weighted by Crippen LogP contribution is 2.35. The van der Waals surface area contributed by atoms with Crippen LogP contribution in [0.3, 0.4) is 0 Å². The summed E-state index contributed by atoms with van der Waals surface area (Å²) in [5, 5.41) is 0.967. The molecule has 0 saturated heterocycles. The molecule has 0 N–H and O–H groups in total. The summed E-state index contributed by atoms with van der Waals surface area (Å²) in [6.07, 6.45) is 0. The minimum Gasteiger partial charge on any atom is -0.290 e. The van der Waals surface area contributed by atoms with Crippen LogP contribution in [-0.2, 0) is 0 Å². The van der Waals surface area contributed by atoms with Crippen molar-refractivity contribution in [3.05, 3.63) is 33.6 Å². The number of thiophene rings is 1. The van der Waals surface area contributed by atoms with Crippen LogP contribution in [0.4, 0.5) is 4.39 Å². The molecule has 14 heavy (non-hydrogen) atoms. The highest BCUT2D eigenvalue weighted by atomic mass is 79.9. The fourth-order valence-corrected chi connectivity index (χ4v) is 3.21. The number of rotatable bonds is 2. The molecule has 0 saturated carbocycles. The van der Waals surface area contributed by atoms with Gasteiger partial charge in [0.1, 0.15) is 0 Å². The zero-order valence-corrected chi connectivity index (χ0v) is 9.49. The van der Waals surface area contributed by atoms with Gasteiger partial charge in [-0.1, -0.05) is 18.2 Å². The van der Waals surface area contributed by atoms with E-state index in [1.54, 1.807) is 0 Å². The third-order valence-corrected chi connectivity index (χ3v) is 4.21. The van der Waals surface area contributed by atoms with Gasteiger partial charge in [0.2, 0.25) is 5.78 Å². The lowest BCUT2D eigenvalue weighted by molar-refractivity contribution is 0.0962. The Balaban J connectivity index is 2.68. The summed E-state index contributed by atoms with van der Waals surface area (Å²) in [6, 6.07) is 7.61. The number of Topliss-reactive ketones (excluding diaryl/α,β-unsaturated/α-hetero) is 1. The van der Waals surface area contributed by atoms with Gasteiger partial charge in [0.05, 0.1) is 4.88 Å². The van der Waals surface area contributed by atoms with Crippen LogP contribution in [0.1, 0.15) is 9.67 Å². The third kappa shape index (κ3) is 1.48. The van der Waals surface area contributed by atoms with E-state index in [-0.39, 0.29) is 0 Å². The fourth-order valence-electron chi connectivity index (χ4n) is 1.25. The van der Waals surface area contributed by atoms with Crippen LogP contribution >= 0.6 is 27.3 Å². The van der Waals surface area contributed by atoms with E-state index in [1.807, 2.05) is 24.3 Å². The van der Waals surface area contributed by atoms with Gasteiger partial charge in [-0.2, -0.15) is 0 Å². The van der Waals surface area contributed by atoms with E-state index in [9.17, 15) is 9.18 Å². The first-order valence-corrected chi connectivity index (χ1v) is 5.61. The van der Waals surface area contributed by atoms with Gasteiger partial charge in [-0.15, -0.1) is 11.3 Å². The summed E-state index contributed by atoms with van der Waals surface area (Å²) in [7, 11) is 0. The van der Waals surface area contributed by atoms with Gasteiger partial charge >= 0.3 is 0 Å². The van der Waals surface area contributed by atoms with Crippen molar-refractivity contribution in [1.29, 1.82) is 0 Å². The average molecular weight is 273 g/mol. The molecule has 2 aromatic rings. The number of carbonyl (C=O) groups excluding carboxylic acids is 1. The summed E-state index contributed by atoms with van der Waals surface area (Å²) in [4.78, 5) is 11.7. The Hall–Kier alpha value is -0.740. The number of ketones is 1. The zero-order chi connectivity index (χ0) is 10.1. The van der Waals surface area contributed by atoms with Gasteiger partial charge in [-0.25, -0.2) is 4.39 Å². The van der Waals surface area contributed by atoms with Crippen molar-refractivity contribution in [1.82, 2.24) is 0 Å². The molecular formula is C10H6BrFOS. The van der Waals surface area contributed by atoms with E-state index in [0.717, 1.165) is 10.1 Å². The Morgan fingerprint density at radius 3 is 2.79 bits per heavy atom. The molecule has 1 nitrogen and oxygen atoms in total. The quantitative estimate of drug-likeness (QED) is 0.760. The number of halogens is 2. The molecule has 1 aromatic heterocycles. The normalized spacial score (nSPS) is 10.7. The van der Waals surface area contributed by atoms with Crippen molar-refractivity contribution >= 4 is 43.1 Å². The predicted molar refractivity (Wildman–Crippen MR) is 59.8 cm³/mol. The van der Waals surface area contributed by atoms with Crippen LogP contribution in [0.25, 0.3) is 10.1 Å². The monoisotopic (exact) mass is 272 g/mol. The van der Waals surface area contributed by atoms with E-state index >= 15 is 0 Å². The van der Waals surface area contributed by atoms with Gasteiger partial charge in [0.25, 0.3) is 0 Å². The number of benzene rings is 1. The Bertz CT molecular complexity index is 492. The smallest absolute Gasteiger partial charge is 0.204 e. The summed E-state index contributed by atoms with van der Waals surface area (Å²) in [5.74, 6) is -0.460. The van der Waals surface area contributed by atoms with Gasteiger partial charge in [-0.3, -0.25) is 4.79 Å². The molecule has 2 rings (SSSR count). The molecule has 0 fully saturated rings. The summed E-state index contributed by atoms with van der Waals surface area (Å²) < 4.78 is 13.9. The zero-order valence-electron chi connectivity index (χ0n) is 7.09. The number of hydrogen-bond donors (Lipinski definition) is 0. The van der Waals surface area contributed by atoms with E-state index in [2.05, 4.69) is 15.9 Å². The van der Waals surface area contributed by atoms with Gasteiger partial charge in [-0.05, 0) is 22.0 Å². The van der Waals surface area contributed by atoms with Crippen LogP contribution in [0.2, 0.25) is 0 Å². The lowest BCUT2D eigenvalue weighted by atomic mass is 10.2. The Kier molecular flexibility index (Phi) is 2.65. The molecule has 4 heteroatoms. The lowest BCUT2D eigenvalue weighted by Crippen LogP contribution is -1.97. The highest BCUT2D eigenvalue weighted by molar-refractivity contribution is 9.10. The number of carbonyl (C=O) groups is 1. The maximum atomic E-state index is 12.2. The number of hydrogen-bond acceptors (Lipinski definition) is 2. The SMILES string of the molecule is O=C(CF)c1sc2ccccc2c1Br. The summed E-state index contributed by atoms with van der Waals surface area (Å²) >= 11 is 4.64. The summed E-state index contributed by atoms with van der Waals surface area (Å²) in [5.41, 5.74) is 0. The lowest BCUT2D eigenvalue weighted by Gasteiger charge is -1.90. The first-order chi connectivity index (χ1) is 6.74. The van der Waals surface area contributed by atoms with Gasteiger partial charge in [0.15, 0.2) is 6.67 Å². The van der Waals surface area contributed by atoms with E-state index < -0.39 is 12.5 Å². The first kappa shape index (κ1) is 9.80. The highest BCUT2D eigenvalue weighted by Gasteiger charge is 2.15. The van der Waals surface area contributed by atoms with Crippen molar-refractivity contribution in [3.8, 4) is 0 Å². The van der Waals surface area contributed by atoms with Crippen molar-refractivity contribution in [2.24, 2.45) is 0 Å². The maximum Gasteiger partial charge on any atom is 0.204 e. The minimum absolute atomic E-state index is 0.460. The molecule has 0 spiro atoms. The third-order valence-electron chi connectivity index (χ3n) is 1.91. The van der Waals surface area contributed by atoms with Crippen LogP contribution in [0.5, 0.6) is 0 Å². The Morgan fingerprint density at radius 2 is 2.14 bits per heavy atom. The predicted octanol–water partition coefficient (Wildman–Crippen LogP) is 3.82. The summed E-state index contributed by atoms with van der Waals surface area (Å²) in [6.45, 7) is -0.939. The molecule has 0 radical (unpaired) electrons. The molecule has 0 aliphatic heterocycles. The molecule has 1 heterocycles. The molecule has 0 aliphatic rings. The fraction of sp³-hybridized carbons (Fsp3) is 0.100. The second-order valence-corrected chi connectivity index (χ2v) is 4.64. The minimum atomic E-state index is -0.939. The topological polar surface area (TPSA) is 17.1 Å². The Labute approximate surface area is 92.7 Å². The first-order valence-electron chi connectivity index (χ1n) is 4.00. The second-order valence-electron chi connectivity index (χ2n) is 2.80. The molecule has 72 valence electrons. The maximum absolute atomic E-state index is 12.2. The Morgan fingerprint density at radius 1 is 1.43 bits per heavy atom. The van der Waals surface area contributed by atoms with Crippen LogP contribution in [0, 0.1) is 0 Å². The van der Waals surface area contributed by atoms with Crippen molar-refractivity contribution in [2.75, 3.05) is 6.67 Å². The molecule has 0 amide bonds. The molecule has 0 aliphatic carbocycles. The second kappa shape index (κ2) is 3.79. The van der Waals surface area contributed by atoms with E-state index in [0.29, 0.717) is 9.35 Å². The number of alkyl halides is 1. The van der Waals surface area contributed by atoms with Gasteiger partial charge < -0.3 is 0 Å². The molecular weight excluding hydrogens is 267 g/mol. The molecule has 0 atom stereocenters.